The molecule has 2 atom stereocenters. The van der Waals surface area contributed by atoms with Crippen LogP contribution in [0.4, 0.5) is 15.0 Å². The number of halogens is 1. The second-order valence-corrected chi connectivity index (χ2v) is 7.19. The summed E-state index contributed by atoms with van der Waals surface area (Å²) in [6.07, 6.45) is -3.82. The molecule has 2 unspecified atom stereocenters. The lowest BCUT2D eigenvalue weighted by Gasteiger charge is -2.15. The first-order valence-electron chi connectivity index (χ1n) is 8.04. The zero-order chi connectivity index (χ0) is 21.6. The van der Waals surface area contributed by atoms with Crippen LogP contribution in [0.3, 0.4) is 0 Å². The van der Waals surface area contributed by atoms with Crippen LogP contribution in [0.5, 0.6) is 11.6 Å². The lowest BCUT2D eigenvalue weighted by Crippen LogP contribution is -2.33. The van der Waals surface area contributed by atoms with E-state index in [0.29, 0.717) is 5.75 Å². The highest BCUT2D eigenvalue weighted by Gasteiger charge is 2.28. The molecular formula is C16H19FN4O7S. The van der Waals surface area contributed by atoms with Gasteiger partial charge in [0.1, 0.15) is 22.9 Å². The highest BCUT2D eigenvalue weighted by molar-refractivity contribution is 7.90. The molecule has 0 aliphatic rings. The monoisotopic (exact) mass is 430 g/mol. The van der Waals surface area contributed by atoms with Crippen LogP contribution < -0.4 is 19.7 Å². The number of nitrogens with one attached hydrogen (secondary N) is 2. The number of carbonyl (C=O) groups excluding carboxylic acids is 1. The van der Waals surface area contributed by atoms with E-state index < -0.39 is 39.0 Å². The number of rotatable bonds is 8. The van der Waals surface area contributed by atoms with Gasteiger partial charge in [-0.3, -0.25) is 4.98 Å². The molecule has 2 aromatic heterocycles. The maximum absolute atomic E-state index is 13.4. The third-order valence-corrected chi connectivity index (χ3v) is 4.85. The quantitative estimate of drug-likeness (QED) is 0.524. The Labute approximate surface area is 165 Å². The van der Waals surface area contributed by atoms with Crippen molar-refractivity contribution in [2.45, 2.75) is 24.1 Å². The second kappa shape index (κ2) is 9.34. The molecule has 0 saturated carbocycles. The normalized spacial score (nSPS) is 13.1. The number of anilines is 1. The van der Waals surface area contributed by atoms with Gasteiger partial charge in [-0.1, -0.05) is 0 Å². The first-order valence-corrected chi connectivity index (χ1v) is 9.53. The number of hydrogen-bond donors (Lipinski definition) is 3. The maximum Gasteiger partial charge on any atom is 0.445 e. The van der Waals surface area contributed by atoms with E-state index in [1.54, 1.807) is 4.72 Å². The van der Waals surface area contributed by atoms with Crippen molar-refractivity contribution in [2.75, 3.05) is 19.7 Å². The largest absolute Gasteiger partial charge is 0.496 e. The van der Waals surface area contributed by atoms with Crippen LogP contribution in [-0.2, 0) is 14.9 Å². The van der Waals surface area contributed by atoms with E-state index in [1.807, 2.05) is 0 Å². The van der Waals surface area contributed by atoms with Crippen molar-refractivity contribution in [3.05, 3.63) is 36.2 Å². The summed E-state index contributed by atoms with van der Waals surface area (Å²) < 4.78 is 49.9. The fourth-order valence-electron chi connectivity index (χ4n) is 2.11. The van der Waals surface area contributed by atoms with Crippen molar-refractivity contribution in [2.24, 2.45) is 0 Å². The molecule has 29 heavy (non-hydrogen) atoms. The average molecular weight is 430 g/mol. The fraction of sp³-hybridized carbons (Fsp3) is 0.312. The molecule has 0 aromatic carbocycles. The molecule has 2 rings (SSSR count). The predicted octanol–water partition coefficient (Wildman–Crippen LogP) is 1.33. The van der Waals surface area contributed by atoms with Gasteiger partial charge in [-0.2, -0.15) is 10.5 Å². The number of methoxy groups -OCH3 is 2. The van der Waals surface area contributed by atoms with Crippen LogP contribution in [0.25, 0.3) is 0 Å². The van der Waals surface area contributed by atoms with Gasteiger partial charge in [0.15, 0.2) is 5.82 Å². The van der Waals surface area contributed by atoms with Crippen LogP contribution in [0.1, 0.15) is 18.7 Å². The zero-order valence-electron chi connectivity index (χ0n) is 15.6. The molecule has 158 valence electrons. The zero-order valence-corrected chi connectivity index (χ0v) is 16.4. The highest BCUT2D eigenvalue weighted by Crippen LogP contribution is 2.24. The lowest BCUT2D eigenvalue weighted by molar-refractivity contribution is 0.0820. The first-order chi connectivity index (χ1) is 13.7. The van der Waals surface area contributed by atoms with Gasteiger partial charge in [0.05, 0.1) is 19.9 Å². The smallest absolute Gasteiger partial charge is 0.445 e. The predicted molar refractivity (Wildman–Crippen MR) is 97.5 cm³/mol. The molecule has 2 aromatic rings. The molecule has 0 radical (unpaired) electrons. The minimum atomic E-state index is -4.52. The fourth-order valence-corrected chi connectivity index (χ4v) is 3.19. The number of amides is 1. The molecular weight excluding hydrogens is 411 g/mol. The summed E-state index contributed by atoms with van der Waals surface area (Å²) in [4.78, 5) is 23.6. The molecule has 0 spiro atoms. The summed E-state index contributed by atoms with van der Waals surface area (Å²) in [7, 11) is -1.76. The first kappa shape index (κ1) is 22.1. The highest BCUT2D eigenvalue weighted by atomic mass is 32.2. The number of carbonyl (C=O) groups is 1. The summed E-state index contributed by atoms with van der Waals surface area (Å²) in [6.45, 7) is 1.04. The van der Waals surface area contributed by atoms with E-state index in [0.717, 1.165) is 13.0 Å². The van der Waals surface area contributed by atoms with Gasteiger partial charge < -0.3 is 19.4 Å². The van der Waals surface area contributed by atoms with Gasteiger partial charge >= 0.3 is 6.09 Å². The SMILES string of the molecule is COc1cc(NOC(=O)NS(=O)(=O)c2cccnc2C(O)C(C)F)nc(OC)c1. The van der Waals surface area contributed by atoms with E-state index in [-0.39, 0.29) is 11.7 Å². The van der Waals surface area contributed by atoms with Crippen molar-refractivity contribution in [3.63, 3.8) is 0 Å². The molecule has 0 fully saturated rings. The van der Waals surface area contributed by atoms with Gasteiger partial charge in [0.25, 0.3) is 10.0 Å². The van der Waals surface area contributed by atoms with E-state index >= 15 is 0 Å². The van der Waals surface area contributed by atoms with Gasteiger partial charge in [-0.05, 0) is 19.1 Å². The van der Waals surface area contributed by atoms with E-state index in [9.17, 15) is 22.7 Å². The van der Waals surface area contributed by atoms with Crippen molar-refractivity contribution in [1.82, 2.24) is 14.7 Å². The maximum atomic E-state index is 13.4. The van der Waals surface area contributed by atoms with E-state index in [4.69, 9.17) is 9.47 Å². The van der Waals surface area contributed by atoms with Crippen molar-refractivity contribution in [1.29, 1.82) is 0 Å². The van der Waals surface area contributed by atoms with Crippen LogP contribution in [0.15, 0.2) is 35.4 Å². The summed E-state index contributed by atoms with van der Waals surface area (Å²) in [6, 6.07) is 5.15. The van der Waals surface area contributed by atoms with Crippen molar-refractivity contribution in [3.8, 4) is 11.6 Å². The Bertz CT molecular complexity index is 949. The Morgan fingerprint density at radius 1 is 1.28 bits per heavy atom. The number of alkyl halides is 1. The molecule has 13 heteroatoms. The number of hydrogen-bond acceptors (Lipinski definition) is 10. The molecule has 3 N–H and O–H groups in total. The third-order valence-electron chi connectivity index (χ3n) is 3.49. The van der Waals surface area contributed by atoms with Crippen LogP contribution in [0, 0.1) is 0 Å². The number of aliphatic hydroxyl groups is 1. The number of aliphatic hydroxyl groups excluding tert-OH is 1. The van der Waals surface area contributed by atoms with Gasteiger partial charge in [-0.25, -0.2) is 22.3 Å². The molecule has 11 nitrogen and oxygen atoms in total. The Kier molecular flexibility index (Phi) is 7.12. The number of pyridine rings is 2. The molecule has 0 aliphatic carbocycles. The van der Waals surface area contributed by atoms with E-state index in [2.05, 4.69) is 20.3 Å². The Morgan fingerprint density at radius 2 is 2.00 bits per heavy atom. The van der Waals surface area contributed by atoms with Crippen LogP contribution in [0.2, 0.25) is 0 Å². The second-order valence-electron chi connectivity index (χ2n) is 5.54. The minimum absolute atomic E-state index is 0.00232. The number of aromatic nitrogens is 2. The Morgan fingerprint density at radius 3 is 2.62 bits per heavy atom. The molecule has 0 bridgehead atoms. The topological polar surface area (TPSA) is 149 Å². The summed E-state index contributed by atoms with van der Waals surface area (Å²) >= 11 is 0. The number of nitrogens with zero attached hydrogens (tertiary/aromatic N) is 2. The summed E-state index contributed by atoms with van der Waals surface area (Å²) in [5, 5.41) is 9.84. The molecule has 2 heterocycles. The van der Waals surface area contributed by atoms with Gasteiger partial charge in [0, 0.05) is 18.3 Å². The standard InChI is InChI=1S/C16H19FN4O7S/c1-9(17)15(22)14-11(5-4-6-18-14)29(24,25)21-16(23)28-20-12-7-10(26-2)8-13(19-12)27-3/h4-9,15,22H,1-3H3,(H,19,20)(H,21,23). The van der Waals surface area contributed by atoms with Crippen LogP contribution >= 0.6 is 0 Å². The van der Waals surface area contributed by atoms with Crippen LogP contribution in [-0.4, -0.2) is 50.0 Å². The Hall–Kier alpha value is -3.19. The number of sulfonamides is 1. The molecule has 1 amide bonds. The summed E-state index contributed by atoms with van der Waals surface area (Å²) in [5.41, 5.74) is 1.70. The van der Waals surface area contributed by atoms with Gasteiger partial charge in [-0.15, -0.1) is 0 Å². The average Bonchev–Trinajstić information content (AvgIpc) is 2.70. The lowest BCUT2D eigenvalue weighted by atomic mass is 10.1. The van der Waals surface area contributed by atoms with Gasteiger partial charge in [0.2, 0.25) is 5.88 Å². The molecule has 0 saturated heterocycles. The minimum Gasteiger partial charge on any atom is -0.496 e. The Balaban J connectivity index is 2.13. The van der Waals surface area contributed by atoms with Crippen molar-refractivity contribution < 1.29 is 37.0 Å². The molecule has 0 aliphatic heterocycles. The third kappa shape index (κ3) is 5.65. The van der Waals surface area contributed by atoms with Crippen molar-refractivity contribution >= 4 is 21.9 Å². The van der Waals surface area contributed by atoms with E-state index in [1.165, 1.54) is 38.6 Å². The summed E-state index contributed by atoms with van der Waals surface area (Å²) in [5.74, 6) is 0.487. The number of ether oxygens (including phenoxy) is 2.